The molecule has 0 unspecified atom stereocenters. The number of amides is 2. The lowest BCUT2D eigenvalue weighted by molar-refractivity contribution is -0.123. The van der Waals surface area contributed by atoms with Crippen LogP contribution in [0.5, 0.6) is 17.2 Å². The third kappa shape index (κ3) is 2.94. The van der Waals surface area contributed by atoms with Crippen molar-refractivity contribution >= 4 is 28.4 Å². The standard InChI is InChI=1S/C24H23N3O5/c1-30-15-3-4-18-17(11-15)16-6-7-26(13-19(16)25-18)20-12-23(28)27(24(20)29)14-2-5-21-22(10-14)32-9-8-31-21/h2-5,10-11,20,25H,6-9,12-13H2,1H3/t20-/m1/s1. The third-order valence-electron chi connectivity index (χ3n) is 6.56. The molecule has 3 aliphatic heterocycles. The fourth-order valence-corrected chi connectivity index (χ4v) is 4.98. The van der Waals surface area contributed by atoms with Crippen LogP contribution in [0.3, 0.4) is 0 Å². The van der Waals surface area contributed by atoms with Gasteiger partial charge >= 0.3 is 0 Å². The SMILES string of the molecule is COc1ccc2[nH]c3c(c2c1)CCN([C@@H]1CC(=O)N(c2ccc4c(c2)OCCO4)C1=O)C3. The van der Waals surface area contributed by atoms with Crippen LogP contribution in [0, 0.1) is 0 Å². The van der Waals surface area contributed by atoms with E-state index in [0.29, 0.717) is 36.9 Å². The van der Waals surface area contributed by atoms with Gasteiger partial charge in [-0.1, -0.05) is 0 Å². The van der Waals surface area contributed by atoms with Gasteiger partial charge in [0, 0.05) is 35.8 Å². The number of anilines is 1. The molecule has 1 aromatic heterocycles. The summed E-state index contributed by atoms with van der Waals surface area (Å²) < 4.78 is 16.5. The first-order valence-electron chi connectivity index (χ1n) is 10.8. The van der Waals surface area contributed by atoms with Gasteiger partial charge in [-0.15, -0.1) is 0 Å². The number of nitrogens with one attached hydrogen (secondary N) is 1. The molecule has 164 valence electrons. The van der Waals surface area contributed by atoms with Crippen molar-refractivity contribution in [1.29, 1.82) is 0 Å². The molecule has 1 fully saturated rings. The molecule has 2 amide bonds. The predicted octanol–water partition coefficient (Wildman–Crippen LogP) is 2.64. The van der Waals surface area contributed by atoms with Crippen LogP contribution in [-0.4, -0.2) is 54.6 Å². The van der Waals surface area contributed by atoms with Crippen molar-refractivity contribution in [2.75, 3.05) is 31.8 Å². The van der Waals surface area contributed by atoms with E-state index in [1.54, 1.807) is 25.3 Å². The van der Waals surface area contributed by atoms with Crippen molar-refractivity contribution in [3.05, 3.63) is 47.7 Å². The van der Waals surface area contributed by atoms with Gasteiger partial charge in [-0.2, -0.15) is 0 Å². The summed E-state index contributed by atoms with van der Waals surface area (Å²) in [6.45, 7) is 2.27. The van der Waals surface area contributed by atoms with E-state index in [1.165, 1.54) is 10.5 Å². The molecule has 0 spiro atoms. The molecular weight excluding hydrogens is 410 g/mol. The molecule has 3 aliphatic rings. The minimum Gasteiger partial charge on any atom is -0.497 e. The lowest BCUT2D eigenvalue weighted by Gasteiger charge is -2.31. The van der Waals surface area contributed by atoms with Gasteiger partial charge in [-0.25, -0.2) is 4.90 Å². The monoisotopic (exact) mass is 433 g/mol. The average Bonchev–Trinajstić information content (AvgIpc) is 3.33. The van der Waals surface area contributed by atoms with Gasteiger partial charge in [0.25, 0.3) is 5.91 Å². The van der Waals surface area contributed by atoms with Gasteiger partial charge in [0.2, 0.25) is 5.91 Å². The number of fused-ring (bicyclic) bond motifs is 4. The lowest BCUT2D eigenvalue weighted by Crippen LogP contribution is -2.44. The zero-order chi connectivity index (χ0) is 21.8. The number of rotatable bonds is 3. The third-order valence-corrected chi connectivity index (χ3v) is 6.56. The summed E-state index contributed by atoms with van der Waals surface area (Å²) in [7, 11) is 1.66. The molecule has 3 aromatic rings. The molecule has 4 heterocycles. The molecule has 1 atom stereocenters. The summed E-state index contributed by atoms with van der Waals surface area (Å²) in [5.74, 6) is 1.65. The van der Waals surface area contributed by atoms with E-state index >= 15 is 0 Å². The molecule has 8 nitrogen and oxygen atoms in total. The molecule has 1 N–H and O–H groups in total. The number of aromatic nitrogens is 1. The number of ether oxygens (including phenoxy) is 3. The molecule has 0 aliphatic carbocycles. The van der Waals surface area contributed by atoms with Crippen molar-refractivity contribution < 1.29 is 23.8 Å². The van der Waals surface area contributed by atoms with Crippen LogP contribution in [0.15, 0.2) is 36.4 Å². The largest absolute Gasteiger partial charge is 0.497 e. The Morgan fingerprint density at radius 2 is 1.91 bits per heavy atom. The quantitative estimate of drug-likeness (QED) is 0.640. The molecule has 2 aromatic carbocycles. The number of benzene rings is 2. The van der Waals surface area contributed by atoms with E-state index in [0.717, 1.165) is 35.3 Å². The Kier molecular flexibility index (Phi) is 4.36. The Morgan fingerprint density at radius 3 is 2.75 bits per heavy atom. The normalized spacial score (nSPS) is 20.7. The number of imide groups is 1. The van der Waals surface area contributed by atoms with Crippen molar-refractivity contribution in [3.8, 4) is 17.2 Å². The van der Waals surface area contributed by atoms with Crippen molar-refractivity contribution in [2.45, 2.75) is 25.4 Å². The highest BCUT2D eigenvalue weighted by Crippen LogP contribution is 2.37. The fraction of sp³-hybridized carbons (Fsp3) is 0.333. The Balaban J connectivity index is 1.26. The highest BCUT2D eigenvalue weighted by atomic mass is 16.6. The minimum atomic E-state index is -0.468. The van der Waals surface area contributed by atoms with E-state index in [1.807, 2.05) is 18.2 Å². The van der Waals surface area contributed by atoms with Crippen LogP contribution in [-0.2, 0) is 22.6 Å². The van der Waals surface area contributed by atoms with E-state index in [-0.39, 0.29) is 18.2 Å². The number of hydrogen-bond acceptors (Lipinski definition) is 6. The molecule has 8 heteroatoms. The summed E-state index contributed by atoms with van der Waals surface area (Å²) in [5, 5.41) is 1.16. The zero-order valence-corrected chi connectivity index (χ0v) is 17.7. The molecule has 32 heavy (non-hydrogen) atoms. The second-order valence-electron chi connectivity index (χ2n) is 8.33. The zero-order valence-electron chi connectivity index (χ0n) is 17.7. The second kappa shape index (κ2) is 7.27. The first-order chi connectivity index (χ1) is 15.6. The number of aromatic amines is 1. The van der Waals surface area contributed by atoms with Crippen molar-refractivity contribution in [1.82, 2.24) is 9.88 Å². The van der Waals surface area contributed by atoms with Crippen LogP contribution < -0.4 is 19.1 Å². The number of carbonyl (C=O) groups is 2. The van der Waals surface area contributed by atoms with Gasteiger partial charge < -0.3 is 19.2 Å². The highest BCUT2D eigenvalue weighted by molar-refractivity contribution is 6.22. The van der Waals surface area contributed by atoms with E-state index < -0.39 is 6.04 Å². The van der Waals surface area contributed by atoms with Crippen molar-refractivity contribution in [2.24, 2.45) is 0 Å². The van der Waals surface area contributed by atoms with E-state index in [2.05, 4.69) is 9.88 Å². The average molecular weight is 433 g/mol. The lowest BCUT2D eigenvalue weighted by atomic mass is 10.0. The Labute approximate surface area is 184 Å². The van der Waals surface area contributed by atoms with Gasteiger partial charge in [-0.05, 0) is 42.3 Å². The van der Waals surface area contributed by atoms with E-state index in [9.17, 15) is 9.59 Å². The Morgan fingerprint density at radius 1 is 1.06 bits per heavy atom. The second-order valence-corrected chi connectivity index (χ2v) is 8.33. The summed E-state index contributed by atoms with van der Waals surface area (Å²) >= 11 is 0. The number of H-pyrrole nitrogens is 1. The maximum atomic E-state index is 13.3. The molecule has 0 saturated carbocycles. The van der Waals surface area contributed by atoms with Gasteiger partial charge in [0.1, 0.15) is 19.0 Å². The predicted molar refractivity (Wildman–Crippen MR) is 117 cm³/mol. The van der Waals surface area contributed by atoms with E-state index in [4.69, 9.17) is 14.2 Å². The molecular formula is C24H23N3O5. The summed E-state index contributed by atoms with van der Waals surface area (Å²) in [6.07, 6.45) is 0.987. The van der Waals surface area contributed by atoms with Gasteiger partial charge in [0.05, 0.1) is 25.3 Å². The Hall–Kier alpha value is -3.52. The topological polar surface area (TPSA) is 84.1 Å². The maximum absolute atomic E-state index is 13.3. The summed E-state index contributed by atoms with van der Waals surface area (Å²) in [6, 6.07) is 10.7. The Bertz CT molecular complexity index is 1250. The van der Waals surface area contributed by atoms with Crippen LogP contribution >= 0.6 is 0 Å². The first kappa shape index (κ1) is 19.2. The molecule has 0 bridgehead atoms. The van der Waals surface area contributed by atoms with Crippen LogP contribution in [0.4, 0.5) is 5.69 Å². The maximum Gasteiger partial charge on any atom is 0.251 e. The fourth-order valence-electron chi connectivity index (χ4n) is 4.98. The number of carbonyl (C=O) groups excluding carboxylic acids is 2. The van der Waals surface area contributed by atoms with Crippen LogP contribution in [0.1, 0.15) is 17.7 Å². The highest BCUT2D eigenvalue weighted by Gasteiger charge is 2.44. The summed E-state index contributed by atoms with van der Waals surface area (Å²) in [4.78, 5) is 33.0. The minimum absolute atomic E-state index is 0.177. The molecule has 0 radical (unpaired) electrons. The molecule has 1 saturated heterocycles. The van der Waals surface area contributed by atoms with Gasteiger partial charge in [0.15, 0.2) is 11.5 Å². The summed E-state index contributed by atoms with van der Waals surface area (Å²) in [5.41, 5.74) is 3.94. The van der Waals surface area contributed by atoms with Gasteiger partial charge in [-0.3, -0.25) is 14.5 Å². The van der Waals surface area contributed by atoms with Crippen molar-refractivity contribution in [3.63, 3.8) is 0 Å². The molecule has 6 rings (SSSR count). The number of methoxy groups -OCH3 is 1. The van der Waals surface area contributed by atoms with Crippen LogP contribution in [0.2, 0.25) is 0 Å². The number of hydrogen-bond donors (Lipinski definition) is 1. The van der Waals surface area contributed by atoms with Crippen LogP contribution in [0.25, 0.3) is 10.9 Å². The smallest absolute Gasteiger partial charge is 0.251 e. The first-order valence-corrected chi connectivity index (χ1v) is 10.8. The number of nitrogens with zero attached hydrogens (tertiary/aromatic N) is 2.